The second-order valence-corrected chi connectivity index (χ2v) is 8.63. The summed E-state index contributed by atoms with van der Waals surface area (Å²) >= 11 is 0. The number of hydrogen-bond donors (Lipinski definition) is 2. The van der Waals surface area contributed by atoms with Gasteiger partial charge in [-0.15, -0.1) is 0 Å². The minimum Gasteiger partial charge on any atom is -0.338 e. The lowest BCUT2D eigenvalue weighted by Gasteiger charge is -2.07. The van der Waals surface area contributed by atoms with Crippen LogP contribution in [0.3, 0.4) is 0 Å². The van der Waals surface area contributed by atoms with Crippen molar-refractivity contribution in [2.75, 3.05) is 0 Å². The summed E-state index contributed by atoms with van der Waals surface area (Å²) in [7, 11) is 0. The van der Waals surface area contributed by atoms with Crippen molar-refractivity contribution in [2.45, 2.75) is 13.8 Å². The van der Waals surface area contributed by atoms with Crippen LogP contribution in [-0.2, 0) is 0 Å². The maximum atomic E-state index is 4.94. The van der Waals surface area contributed by atoms with Crippen molar-refractivity contribution in [2.24, 2.45) is 9.98 Å². The highest BCUT2D eigenvalue weighted by atomic mass is 14.9. The third-order valence-corrected chi connectivity index (χ3v) is 6.20. The first-order chi connectivity index (χ1) is 17.7. The summed E-state index contributed by atoms with van der Waals surface area (Å²) in [6, 6.07) is 32.1. The van der Waals surface area contributed by atoms with Crippen LogP contribution < -0.4 is 0 Å². The van der Waals surface area contributed by atoms with Crippen molar-refractivity contribution < 1.29 is 0 Å². The first-order valence-corrected chi connectivity index (χ1v) is 11.8. The summed E-state index contributed by atoms with van der Waals surface area (Å²) in [5.41, 5.74) is 9.11. The molecule has 6 rings (SSSR count). The van der Waals surface area contributed by atoms with E-state index in [9.17, 15) is 0 Å². The Labute approximate surface area is 208 Å². The Balaban J connectivity index is 1.36. The molecule has 0 radical (unpaired) electrons. The van der Waals surface area contributed by atoms with Crippen molar-refractivity contribution in [1.29, 1.82) is 0 Å². The summed E-state index contributed by atoms with van der Waals surface area (Å²) in [6.45, 7) is 3.97. The molecule has 0 atom stereocenters. The fraction of sp³-hybridized carbons (Fsp3) is 0.0667. The molecule has 0 aliphatic rings. The zero-order valence-electron chi connectivity index (χ0n) is 20.0. The molecule has 4 aromatic carbocycles. The number of aliphatic imine (C=N–C) groups is 2. The van der Waals surface area contributed by atoms with Crippen LogP contribution in [0.4, 0.5) is 11.4 Å². The quantitative estimate of drug-likeness (QED) is 0.255. The number of imidazole rings is 2. The monoisotopic (exact) mass is 468 g/mol. The molecular weight excluding hydrogens is 444 g/mol. The van der Waals surface area contributed by atoms with Gasteiger partial charge in [-0.2, -0.15) is 0 Å². The highest BCUT2D eigenvalue weighted by molar-refractivity contribution is 6.41. The molecule has 0 aliphatic carbocycles. The first kappa shape index (κ1) is 21.7. The topological polar surface area (TPSA) is 82.1 Å². The van der Waals surface area contributed by atoms with E-state index in [2.05, 4.69) is 9.97 Å². The molecule has 0 aliphatic heterocycles. The van der Waals surface area contributed by atoms with Gasteiger partial charge in [0.2, 0.25) is 0 Å². The maximum absolute atomic E-state index is 4.94. The minimum atomic E-state index is 0.799. The number of fused-ring (bicyclic) bond motifs is 2. The van der Waals surface area contributed by atoms with Crippen molar-refractivity contribution in [3.63, 3.8) is 0 Å². The average Bonchev–Trinajstić information content (AvgIpc) is 3.53. The van der Waals surface area contributed by atoms with Gasteiger partial charge in [-0.1, -0.05) is 48.5 Å². The fourth-order valence-corrected chi connectivity index (χ4v) is 4.23. The maximum Gasteiger partial charge on any atom is 0.140 e. The molecule has 0 spiro atoms. The molecule has 174 valence electrons. The largest absolute Gasteiger partial charge is 0.338 e. The smallest absolute Gasteiger partial charge is 0.140 e. The van der Waals surface area contributed by atoms with Crippen molar-refractivity contribution in [3.05, 3.63) is 97.1 Å². The van der Waals surface area contributed by atoms with Crippen LogP contribution in [0.1, 0.15) is 13.8 Å². The third-order valence-electron chi connectivity index (χ3n) is 6.20. The van der Waals surface area contributed by atoms with E-state index in [1.807, 2.05) is 111 Å². The zero-order chi connectivity index (χ0) is 24.5. The predicted octanol–water partition coefficient (Wildman–Crippen LogP) is 7.66. The molecule has 6 aromatic rings. The number of aromatic nitrogens is 4. The van der Waals surface area contributed by atoms with E-state index in [0.29, 0.717) is 0 Å². The van der Waals surface area contributed by atoms with Crippen LogP contribution in [0, 0.1) is 0 Å². The van der Waals surface area contributed by atoms with E-state index >= 15 is 0 Å². The number of rotatable bonds is 5. The summed E-state index contributed by atoms with van der Waals surface area (Å²) in [5, 5.41) is 0. The fourth-order valence-electron chi connectivity index (χ4n) is 4.23. The van der Waals surface area contributed by atoms with Crippen LogP contribution >= 0.6 is 0 Å². The van der Waals surface area contributed by atoms with Crippen LogP contribution in [-0.4, -0.2) is 31.4 Å². The Hall–Kier alpha value is -4.84. The number of nitrogens with one attached hydrogen (secondary N) is 2. The number of nitrogens with zero attached hydrogens (tertiary/aromatic N) is 4. The lowest BCUT2D eigenvalue weighted by molar-refractivity contribution is 1.32. The number of para-hydroxylation sites is 6. The van der Waals surface area contributed by atoms with Gasteiger partial charge in [0.25, 0.3) is 0 Å². The van der Waals surface area contributed by atoms with Gasteiger partial charge in [0.15, 0.2) is 0 Å². The van der Waals surface area contributed by atoms with Gasteiger partial charge in [-0.25, -0.2) is 9.97 Å². The summed E-state index contributed by atoms with van der Waals surface area (Å²) in [5.74, 6) is 1.60. The molecule has 2 N–H and O–H groups in total. The number of hydrogen-bond acceptors (Lipinski definition) is 4. The van der Waals surface area contributed by atoms with E-state index in [-0.39, 0.29) is 0 Å². The molecule has 36 heavy (non-hydrogen) atoms. The van der Waals surface area contributed by atoms with Gasteiger partial charge in [-0.05, 0) is 62.4 Å². The Morgan fingerprint density at radius 1 is 0.528 bits per heavy atom. The van der Waals surface area contributed by atoms with E-state index in [0.717, 1.165) is 67.6 Å². The van der Waals surface area contributed by atoms with Gasteiger partial charge < -0.3 is 9.97 Å². The summed E-state index contributed by atoms with van der Waals surface area (Å²) in [6.07, 6.45) is 0. The van der Waals surface area contributed by atoms with E-state index in [1.54, 1.807) is 0 Å². The standard InChI is InChI=1S/C30H24N6/c1-19(31-23-13-5-3-11-21(23)29-33-25-15-7-8-16-26(25)34-29)20(2)32-24-14-6-4-12-22(24)30-35-27-17-9-10-18-28(27)36-30/h3-18H,1-2H3,(H,33,34)(H,35,36). The molecule has 2 heterocycles. The number of aromatic amines is 2. The first-order valence-electron chi connectivity index (χ1n) is 11.8. The SMILES string of the molecule is CC(=Nc1ccccc1-c1nc2ccccc2[nH]1)C(C)=Nc1ccccc1-c1nc2ccccc2[nH]1. The van der Waals surface area contributed by atoms with Crippen molar-refractivity contribution in [3.8, 4) is 22.8 Å². The summed E-state index contributed by atoms with van der Waals surface area (Å²) < 4.78 is 0. The molecule has 0 bridgehead atoms. The Bertz CT molecular complexity index is 1570. The molecule has 6 heteroatoms. The second-order valence-electron chi connectivity index (χ2n) is 8.63. The number of benzene rings is 4. The predicted molar refractivity (Wildman–Crippen MR) is 149 cm³/mol. The van der Waals surface area contributed by atoms with E-state index < -0.39 is 0 Å². The Kier molecular flexibility index (Phi) is 5.46. The van der Waals surface area contributed by atoms with Crippen molar-refractivity contribution in [1.82, 2.24) is 19.9 Å². The molecular formula is C30H24N6. The number of H-pyrrole nitrogens is 2. The molecule has 0 unspecified atom stereocenters. The Morgan fingerprint density at radius 3 is 1.36 bits per heavy atom. The van der Waals surface area contributed by atoms with E-state index in [1.165, 1.54) is 0 Å². The molecule has 2 aromatic heterocycles. The minimum absolute atomic E-state index is 0.799. The van der Waals surface area contributed by atoms with Crippen LogP contribution in [0.15, 0.2) is 107 Å². The highest BCUT2D eigenvalue weighted by Gasteiger charge is 2.12. The normalized spacial score (nSPS) is 12.5. The molecule has 0 saturated heterocycles. The lowest BCUT2D eigenvalue weighted by atomic mass is 10.1. The zero-order valence-corrected chi connectivity index (χ0v) is 20.0. The molecule has 0 amide bonds. The van der Waals surface area contributed by atoms with Crippen LogP contribution in [0.5, 0.6) is 0 Å². The lowest BCUT2D eigenvalue weighted by Crippen LogP contribution is -2.05. The highest BCUT2D eigenvalue weighted by Crippen LogP contribution is 2.32. The summed E-state index contributed by atoms with van der Waals surface area (Å²) in [4.78, 5) is 26.2. The van der Waals surface area contributed by atoms with Gasteiger partial charge in [-0.3, -0.25) is 9.98 Å². The van der Waals surface area contributed by atoms with Crippen molar-refractivity contribution >= 4 is 44.9 Å². The third kappa shape index (κ3) is 4.09. The van der Waals surface area contributed by atoms with Crippen LogP contribution in [0.2, 0.25) is 0 Å². The van der Waals surface area contributed by atoms with Gasteiger partial charge >= 0.3 is 0 Å². The van der Waals surface area contributed by atoms with Gasteiger partial charge in [0, 0.05) is 11.1 Å². The molecule has 6 nitrogen and oxygen atoms in total. The van der Waals surface area contributed by atoms with E-state index in [4.69, 9.17) is 20.0 Å². The van der Waals surface area contributed by atoms with Gasteiger partial charge in [0.1, 0.15) is 11.6 Å². The average molecular weight is 469 g/mol. The molecule has 0 saturated carbocycles. The molecule has 0 fully saturated rings. The van der Waals surface area contributed by atoms with Crippen LogP contribution in [0.25, 0.3) is 44.8 Å². The Morgan fingerprint density at radius 2 is 0.917 bits per heavy atom. The second kappa shape index (κ2) is 9.07. The van der Waals surface area contributed by atoms with Gasteiger partial charge in [0.05, 0.1) is 44.9 Å².